The molecule has 110 valence electrons. The summed E-state index contributed by atoms with van der Waals surface area (Å²) in [4.78, 5) is 24.4. The number of hydrogen-bond acceptors (Lipinski definition) is 6. The van der Waals surface area contributed by atoms with Gasteiger partial charge >= 0.3 is 0 Å². The minimum Gasteiger partial charge on any atom is -0.467 e. The van der Waals surface area contributed by atoms with Crippen molar-refractivity contribution in [1.82, 2.24) is 20.3 Å². The smallest absolute Gasteiger partial charge is 0.256 e. The van der Waals surface area contributed by atoms with Gasteiger partial charge in [0.15, 0.2) is 5.82 Å². The lowest BCUT2D eigenvalue weighted by atomic mass is 10.2. The van der Waals surface area contributed by atoms with E-state index < -0.39 is 0 Å². The molecule has 0 aliphatic carbocycles. The van der Waals surface area contributed by atoms with Gasteiger partial charge in [-0.15, -0.1) is 0 Å². The molecule has 3 N–H and O–H groups in total. The van der Waals surface area contributed by atoms with Gasteiger partial charge in [-0.1, -0.05) is 0 Å². The average molecular weight is 295 g/mol. The van der Waals surface area contributed by atoms with Crippen molar-refractivity contribution in [3.8, 4) is 11.4 Å². The maximum atomic E-state index is 12.1. The Morgan fingerprint density at radius 3 is 2.77 bits per heavy atom. The molecule has 7 nitrogen and oxygen atoms in total. The van der Waals surface area contributed by atoms with Crippen molar-refractivity contribution in [1.29, 1.82) is 0 Å². The molecule has 0 aromatic carbocycles. The van der Waals surface area contributed by atoms with E-state index in [1.807, 2.05) is 0 Å². The second-order valence-electron chi connectivity index (χ2n) is 4.49. The zero-order valence-electron chi connectivity index (χ0n) is 11.6. The fourth-order valence-corrected chi connectivity index (χ4v) is 1.89. The van der Waals surface area contributed by atoms with Crippen molar-refractivity contribution in [3.63, 3.8) is 0 Å². The van der Waals surface area contributed by atoms with Crippen LogP contribution in [0.15, 0.2) is 53.5 Å². The molecule has 0 saturated heterocycles. The van der Waals surface area contributed by atoms with Crippen LogP contribution in [0.25, 0.3) is 11.4 Å². The van der Waals surface area contributed by atoms with E-state index in [0.717, 1.165) is 5.56 Å². The van der Waals surface area contributed by atoms with Gasteiger partial charge in [0.2, 0.25) is 0 Å². The topological polar surface area (TPSA) is 107 Å². The monoisotopic (exact) mass is 295 g/mol. The molecule has 3 aromatic rings. The lowest BCUT2D eigenvalue weighted by Crippen LogP contribution is -2.24. The first-order valence-corrected chi connectivity index (χ1v) is 6.57. The summed E-state index contributed by atoms with van der Waals surface area (Å²) < 4.78 is 5.14. The van der Waals surface area contributed by atoms with Crippen molar-refractivity contribution in [3.05, 3.63) is 60.4 Å². The minimum atomic E-state index is -0.352. The minimum absolute atomic E-state index is 0.124. The van der Waals surface area contributed by atoms with Crippen LogP contribution in [0.5, 0.6) is 0 Å². The first-order chi connectivity index (χ1) is 10.7. The summed E-state index contributed by atoms with van der Waals surface area (Å²) in [6, 6.07) is 7.06. The third-order valence-electron chi connectivity index (χ3n) is 3.00. The Labute approximate surface area is 126 Å². The lowest BCUT2D eigenvalue weighted by Gasteiger charge is -2.07. The van der Waals surface area contributed by atoms with Gasteiger partial charge in [-0.25, -0.2) is 9.97 Å². The summed E-state index contributed by atoms with van der Waals surface area (Å²) in [5.74, 6) is 0.873. The number of nitrogens with two attached hydrogens (primary N) is 1. The number of rotatable bonds is 4. The summed E-state index contributed by atoms with van der Waals surface area (Å²) in [6.07, 6.45) is 6.23. The molecule has 3 heterocycles. The summed E-state index contributed by atoms with van der Waals surface area (Å²) in [6.45, 7) is 0.275. The van der Waals surface area contributed by atoms with E-state index in [2.05, 4.69) is 20.3 Å². The summed E-state index contributed by atoms with van der Waals surface area (Å²) >= 11 is 0. The van der Waals surface area contributed by atoms with Gasteiger partial charge in [0.1, 0.15) is 11.6 Å². The Kier molecular flexibility index (Phi) is 3.78. The number of nitrogens with zero attached hydrogens (tertiary/aromatic N) is 3. The van der Waals surface area contributed by atoms with E-state index in [-0.39, 0.29) is 23.8 Å². The summed E-state index contributed by atoms with van der Waals surface area (Å²) in [5.41, 5.74) is 6.87. The van der Waals surface area contributed by atoms with Crippen molar-refractivity contribution in [2.24, 2.45) is 0 Å². The Morgan fingerprint density at radius 2 is 2.09 bits per heavy atom. The van der Waals surface area contributed by atoms with Crippen molar-refractivity contribution >= 4 is 11.7 Å². The maximum Gasteiger partial charge on any atom is 0.256 e. The van der Waals surface area contributed by atoms with Crippen molar-refractivity contribution in [2.75, 3.05) is 5.73 Å². The Balaban J connectivity index is 1.76. The van der Waals surface area contributed by atoms with Crippen LogP contribution >= 0.6 is 0 Å². The number of hydrogen-bond donors (Lipinski definition) is 2. The Bertz CT molecular complexity index is 772. The second kappa shape index (κ2) is 6.04. The van der Waals surface area contributed by atoms with Crippen LogP contribution in [0.4, 0.5) is 5.82 Å². The zero-order valence-corrected chi connectivity index (χ0v) is 11.6. The zero-order chi connectivity index (χ0) is 15.4. The number of carbonyl (C=O) groups excluding carboxylic acids is 1. The molecule has 0 aliphatic rings. The third-order valence-corrected chi connectivity index (χ3v) is 3.00. The molecule has 3 aromatic heterocycles. The largest absolute Gasteiger partial charge is 0.467 e. The van der Waals surface area contributed by atoms with Gasteiger partial charge in [-0.3, -0.25) is 9.78 Å². The first-order valence-electron chi connectivity index (χ1n) is 6.57. The van der Waals surface area contributed by atoms with E-state index >= 15 is 0 Å². The SMILES string of the molecule is Nc1nc(-c2ccncc2)ncc1C(=O)NCc1ccco1. The highest BCUT2D eigenvalue weighted by Crippen LogP contribution is 2.16. The van der Waals surface area contributed by atoms with Gasteiger partial charge in [0.05, 0.1) is 18.4 Å². The van der Waals surface area contributed by atoms with Crippen LogP contribution in [0.3, 0.4) is 0 Å². The first kappa shape index (κ1) is 13.7. The van der Waals surface area contributed by atoms with Crippen molar-refractivity contribution in [2.45, 2.75) is 6.54 Å². The molecular weight excluding hydrogens is 282 g/mol. The van der Waals surface area contributed by atoms with Gasteiger partial charge in [-0.05, 0) is 24.3 Å². The highest BCUT2D eigenvalue weighted by molar-refractivity contribution is 5.98. The third kappa shape index (κ3) is 2.93. The van der Waals surface area contributed by atoms with E-state index in [4.69, 9.17) is 10.2 Å². The fourth-order valence-electron chi connectivity index (χ4n) is 1.89. The number of amides is 1. The molecule has 0 radical (unpaired) electrons. The van der Waals surface area contributed by atoms with Crippen LogP contribution in [0.2, 0.25) is 0 Å². The summed E-state index contributed by atoms with van der Waals surface area (Å²) in [7, 11) is 0. The molecule has 7 heteroatoms. The van der Waals surface area contributed by atoms with E-state index in [0.29, 0.717) is 11.6 Å². The predicted molar refractivity (Wildman–Crippen MR) is 79.6 cm³/mol. The number of nitrogens with one attached hydrogen (secondary N) is 1. The van der Waals surface area contributed by atoms with E-state index in [1.165, 1.54) is 6.20 Å². The molecule has 0 atom stereocenters. The van der Waals surface area contributed by atoms with Gasteiger partial charge < -0.3 is 15.5 Å². The van der Waals surface area contributed by atoms with Crippen molar-refractivity contribution < 1.29 is 9.21 Å². The number of nitrogen functional groups attached to an aromatic ring is 1. The quantitative estimate of drug-likeness (QED) is 0.757. The summed E-state index contributed by atoms with van der Waals surface area (Å²) in [5, 5.41) is 2.70. The van der Waals surface area contributed by atoms with Gasteiger partial charge in [-0.2, -0.15) is 0 Å². The second-order valence-corrected chi connectivity index (χ2v) is 4.49. The molecule has 1 amide bonds. The van der Waals surface area contributed by atoms with Gasteiger partial charge in [0, 0.05) is 24.2 Å². The number of pyridine rings is 1. The maximum absolute atomic E-state index is 12.1. The van der Waals surface area contributed by atoms with E-state index in [1.54, 1.807) is 42.9 Å². The number of anilines is 1. The molecule has 0 unspecified atom stereocenters. The van der Waals surface area contributed by atoms with Crippen LogP contribution in [0.1, 0.15) is 16.1 Å². The molecule has 22 heavy (non-hydrogen) atoms. The highest BCUT2D eigenvalue weighted by atomic mass is 16.3. The Morgan fingerprint density at radius 1 is 1.27 bits per heavy atom. The molecular formula is C15H13N5O2. The van der Waals surface area contributed by atoms with Gasteiger partial charge in [0.25, 0.3) is 5.91 Å². The molecule has 3 rings (SSSR count). The standard InChI is InChI=1S/C15H13N5O2/c16-13-12(15(21)19-8-11-2-1-7-22-11)9-18-14(20-13)10-3-5-17-6-4-10/h1-7,9H,8H2,(H,19,21)(H2,16,18,20). The molecule has 0 saturated carbocycles. The van der Waals surface area contributed by atoms with Crippen LogP contribution in [-0.2, 0) is 6.54 Å². The highest BCUT2D eigenvalue weighted by Gasteiger charge is 2.13. The fraction of sp³-hybridized carbons (Fsp3) is 0.0667. The van der Waals surface area contributed by atoms with Crippen LogP contribution in [-0.4, -0.2) is 20.9 Å². The predicted octanol–water partition coefficient (Wildman–Crippen LogP) is 1.64. The molecule has 0 bridgehead atoms. The van der Waals surface area contributed by atoms with E-state index in [9.17, 15) is 4.79 Å². The number of furan rings is 1. The average Bonchev–Trinajstić information content (AvgIpc) is 3.07. The lowest BCUT2D eigenvalue weighted by molar-refractivity contribution is 0.0948. The van der Waals surface area contributed by atoms with Crippen LogP contribution in [0, 0.1) is 0 Å². The number of carbonyl (C=O) groups is 1. The van der Waals surface area contributed by atoms with Crippen LogP contribution < -0.4 is 11.1 Å². The number of aromatic nitrogens is 3. The molecule has 0 spiro atoms. The normalized spacial score (nSPS) is 10.4. The molecule has 0 aliphatic heterocycles. The molecule has 0 fully saturated rings. The Hall–Kier alpha value is -3.22.